The molecule has 0 amide bonds. The number of rotatable bonds is 4. The van der Waals surface area contributed by atoms with Crippen molar-refractivity contribution in [1.82, 2.24) is 15.1 Å². The predicted molar refractivity (Wildman–Crippen MR) is 77.4 cm³/mol. The zero-order chi connectivity index (χ0) is 15.3. The van der Waals surface area contributed by atoms with E-state index in [0.717, 1.165) is 32.0 Å². The van der Waals surface area contributed by atoms with E-state index in [0.29, 0.717) is 19.6 Å². The minimum Gasteiger partial charge on any atom is -0.357 e. The monoisotopic (exact) mass is 306 g/mol. The summed E-state index contributed by atoms with van der Waals surface area (Å²) in [4.78, 5) is 8.36. The predicted octanol–water partition coefficient (Wildman–Crippen LogP) is 1.93. The number of likely N-dealkylation sites (tertiary alicyclic amines) is 2. The quantitative estimate of drug-likeness (QED) is 0.636. The minimum atomic E-state index is -4.09. The molecule has 1 unspecified atom stereocenters. The standard InChI is InChI=1S/C14H25F3N4/c1-2-18-13(21-6-3-4-7-21)19-9-12-5-8-20(10-12)11-14(15,16)17/h12H,2-11H2,1H3,(H,18,19). The number of aliphatic imine (C=N–C) groups is 1. The van der Waals surface area contributed by atoms with Crippen LogP contribution in [0.25, 0.3) is 0 Å². The van der Waals surface area contributed by atoms with Gasteiger partial charge in [-0.3, -0.25) is 9.89 Å². The first-order chi connectivity index (χ1) is 9.98. The van der Waals surface area contributed by atoms with E-state index in [9.17, 15) is 13.2 Å². The summed E-state index contributed by atoms with van der Waals surface area (Å²) in [6, 6.07) is 0. The van der Waals surface area contributed by atoms with E-state index >= 15 is 0 Å². The Bertz CT molecular complexity index is 351. The fourth-order valence-electron chi connectivity index (χ4n) is 3.03. The maximum absolute atomic E-state index is 12.4. The highest BCUT2D eigenvalue weighted by Gasteiger charge is 2.34. The highest BCUT2D eigenvalue weighted by Crippen LogP contribution is 2.23. The second kappa shape index (κ2) is 7.33. The lowest BCUT2D eigenvalue weighted by molar-refractivity contribution is -0.143. The summed E-state index contributed by atoms with van der Waals surface area (Å²) >= 11 is 0. The number of halogens is 3. The van der Waals surface area contributed by atoms with Gasteiger partial charge in [-0.1, -0.05) is 0 Å². The van der Waals surface area contributed by atoms with Crippen LogP contribution < -0.4 is 5.32 Å². The van der Waals surface area contributed by atoms with E-state index in [2.05, 4.69) is 15.2 Å². The normalized spacial score (nSPS) is 24.9. The average Bonchev–Trinajstić information content (AvgIpc) is 3.04. The molecule has 2 rings (SSSR count). The van der Waals surface area contributed by atoms with Crippen molar-refractivity contribution >= 4 is 5.96 Å². The summed E-state index contributed by atoms with van der Waals surface area (Å²) in [5, 5.41) is 3.28. The van der Waals surface area contributed by atoms with E-state index in [1.807, 2.05) is 6.92 Å². The van der Waals surface area contributed by atoms with Gasteiger partial charge in [0.25, 0.3) is 0 Å². The molecule has 2 aliphatic heterocycles. The first kappa shape index (κ1) is 16.4. The molecule has 7 heteroatoms. The fourth-order valence-corrected chi connectivity index (χ4v) is 3.03. The minimum absolute atomic E-state index is 0.239. The van der Waals surface area contributed by atoms with Gasteiger partial charge in [-0.2, -0.15) is 13.2 Å². The van der Waals surface area contributed by atoms with E-state index in [4.69, 9.17) is 0 Å². The average molecular weight is 306 g/mol. The molecule has 4 nitrogen and oxygen atoms in total. The number of alkyl halides is 3. The van der Waals surface area contributed by atoms with Crippen LogP contribution in [0.3, 0.4) is 0 Å². The van der Waals surface area contributed by atoms with Gasteiger partial charge in [-0.05, 0) is 38.6 Å². The summed E-state index contributed by atoms with van der Waals surface area (Å²) in [5.74, 6) is 1.16. The molecule has 0 saturated carbocycles. The smallest absolute Gasteiger partial charge is 0.357 e. The van der Waals surface area contributed by atoms with Crippen molar-refractivity contribution in [2.45, 2.75) is 32.4 Å². The first-order valence-electron chi connectivity index (χ1n) is 7.80. The topological polar surface area (TPSA) is 30.9 Å². The number of hydrogen-bond donors (Lipinski definition) is 1. The van der Waals surface area contributed by atoms with Crippen molar-refractivity contribution < 1.29 is 13.2 Å². The highest BCUT2D eigenvalue weighted by molar-refractivity contribution is 5.80. The molecule has 0 aromatic carbocycles. The Kier molecular flexibility index (Phi) is 5.72. The van der Waals surface area contributed by atoms with E-state index < -0.39 is 12.7 Å². The van der Waals surface area contributed by atoms with Gasteiger partial charge in [-0.15, -0.1) is 0 Å². The van der Waals surface area contributed by atoms with Crippen LogP contribution in [0.4, 0.5) is 13.2 Å². The molecule has 21 heavy (non-hydrogen) atoms. The maximum Gasteiger partial charge on any atom is 0.401 e. The number of nitrogens with zero attached hydrogens (tertiary/aromatic N) is 3. The van der Waals surface area contributed by atoms with Gasteiger partial charge in [0, 0.05) is 32.7 Å². The molecule has 0 aromatic heterocycles. The van der Waals surface area contributed by atoms with E-state index in [1.54, 1.807) is 0 Å². The third-order valence-electron chi connectivity index (χ3n) is 4.01. The van der Waals surface area contributed by atoms with Gasteiger partial charge in [0.2, 0.25) is 0 Å². The van der Waals surface area contributed by atoms with Gasteiger partial charge >= 0.3 is 6.18 Å². The Hall–Kier alpha value is -0.980. The molecule has 0 aliphatic carbocycles. The van der Waals surface area contributed by atoms with Crippen molar-refractivity contribution in [1.29, 1.82) is 0 Å². The summed E-state index contributed by atoms with van der Waals surface area (Å²) < 4.78 is 37.1. The molecule has 0 spiro atoms. The number of nitrogens with one attached hydrogen (secondary N) is 1. The molecule has 2 fully saturated rings. The largest absolute Gasteiger partial charge is 0.401 e. The lowest BCUT2D eigenvalue weighted by Gasteiger charge is -2.21. The zero-order valence-corrected chi connectivity index (χ0v) is 12.6. The fraction of sp³-hybridized carbons (Fsp3) is 0.929. The van der Waals surface area contributed by atoms with Crippen LogP contribution in [-0.2, 0) is 0 Å². The summed E-state index contributed by atoms with van der Waals surface area (Å²) in [7, 11) is 0. The van der Waals surface area contributed by atoms with Crippen LogP contribution in [0.2, 0.25) is 0 Å². The van der Waals surface area contributed by atoms with E-state index in [-0.39, 0.29) is 5.92 Å². The summed E-state index contributed by atoms with van der Waals surface area (Å²) in [6.45, 7) is 5.76. The molecular formula is C14H25F3N4. The van der Waals surface area contributed by atoms with Crippen LogP contribution in [-0.4, -0.2) is 67.7 Å². The van der Waals surface area contributed by atoms with Crippen LogP contribution in [0.1, 0.15) is 26.2 Å². The molecule has 0 aromatic rings. The SMILES string of the molecule is CCNC(=NCC1CCN(CC(F)(F)F)C1)N1CCCC1. The van der Waals surface area contributed by atoms with Crippen molar-refractivity contribution in [3.8, 4) is 0 Å². The zero-order valence-electron chi connectivity index (χ0n) is 12.6. The van der Waals surface area contributed by atoms with Gasteiger partial charge < -0.3 is 10.2 Å². The van der Waals surface area contributed by atoms with E-state index in [1.165, 1.54) is 17.7 Å². The third-order valence-corrected chi connectivity index (χ3v) is 4.01. The molecule has 1 N–H and O–H groups in total. The summed E-state index contributed by atoms with van der Waals surface area (Å²) in [6.07, 6.45) is -0.915. The molecule has 122 valence electrons. The van der Waals surface area contributed by atoms with Gasteiger partial charge in [0.05, 0.1) is 6.54 Å². The number of hydrogen-bond acceptors (Lipinski definition) is 2. The van der Waals surface area contributed by atoms with Crippen molar-refractivity contribution in [2.24, 2.45) is 10.9 Å². The Balaban J connectivity index is 1.81. The Labute approximate surface area is 124 Å². The molecule has 1 atom stereocenters. The van der Waals surface area contributed by atoms with Gasteiger partial charge in [-0.25, -0.2) is 0 Å². The maximum atomic E-state index is 12.4. The lowest BCUT2D eigenvalue weighted by Crippen LogP contribution is -2.40. The molecule has 2 heterocycles. The Morgan fingerprint density at radius 3 is 2.57 bits per heavy atom. The van der Waals surface area contributed by atoms with Gasteiger partial charge in [0.15, 0.2) is 5.96 Å². The van der Waals surface area contributed by atoms with Crippen LogP contribution in [0, 0.1) is 5.92 Å². The Morgan fingerprint density at radius 2 is 1.95 bits per heavy atom. The van der Waals surface area contributed by atoms with Crippen LogP contribution in [0.5, 0.6) is 0 Å². The van der Waals surface area contributed by atoms with Crippen LogP contribution >= 0.6 is 0 Å². The van der Waals surface area contributed by atoms with Crippen LogP contribution in [0.15, 0.2) is 4.99 Å². The first-order valence-corrected chi connectivity index (χ1v) is 7.80. The molecule has 0 radical (unpaired) electrons. The Morgan fingerprint density at radius 1 is 1.24 bits per heavy atom. The van der Waals surface area contributed by atoms with Gasteiger partial charge in [0.1, 0.15) is 0 Å². The second-order valence-electron chi connectivity index (χ2n) is 5.89. The van der Waals surface area contributed by atoms with Crippen molar-refractivity contribution in [3.05, 3.63) is 0 Å². The van der Waals surface area contributed by atoms with Crippen molar-refractivity contribution in [2.75, 3.05) is 45.8 Å². The molecule has 2 aliphatic rings. The third kappa shape index (κ3) is 5.37. The molecule has 2 saturated heterocycles. The van der Waals surface area contributed by atoms with Crippen molar-refractivity contribution in [3.63, 3.8) is 0 Å². The highest BCUT2D eigenvalue weighted by atomic mass is 19.4. The second-order valence-corrected chi connectivity index (χ2v) is 5.89. The molecule has 0 bridgehead atoms. The summed E-state index contributed by atoms with van der Waals surface area (Å²) in [5.41, 5.74) is 0. The number of guanidine groups is 1. The lowest BCUT2D eigenvalue weighted by atomic mass is 10.1. The molecular weight excluding hydrogens is 281 g/mol.